The quantitative estimate of drug-likeness (QED) is 0.453. The van der Waals surface area contributed by atoms with Crippen LogP contribution in [-0.4, -0.2) is 55.9 Å². The summed E-state index contributed by atoms with van der Waals surface area (Å²) in [6.07, 6.45) is -5.76. The van der Waals surface area contributed by atoms with Gasteiger partial charge >= 0.3 is 5.97 Å². The van der Waals surface area contributed by atoms with Crippen molar-refractivity contribution in [2.75, 3.05) is 0 Å². The van der Waals surface area contributed by atoms with Crippen LogP contribution in [0.4, 0.5) is 0 Å². The van der Waals surface area contributed by atoms with E-state index in [-0.39, 0.29) is 12.8 Å². The molecule has 1 unspecified atom stereocenters. The van der Waals surface area contributed by atoms with Gasteiger partial charge in [0.25, 0.3) is 0 Å². The number of hydrogen-bond acceptors (Lipinski definition) is 5. The monoisotopic (exact) mass is 298 g/mol. The molecule has 0 heterocycles. The standard InChI is InChI=1S/C15H22O6/c1-9(16)13(18)14(19)12(17)8-11(15(20)21)7-10-5-3-2-4-6-10/h2-6,9,11-14,16-19H,7-8H2,1H3,(H,20,21)/t9-,11?,12+,13+,14-/m0/s1. The van der Waals surface area contributed by atoms with Crippen molar-refractivity contribution >= 4 is 5.97 Å². The molecule has 1 aromatic rings. The van der Waals surface area contributed by atoms with Crippen molar-refractivity contribution in [3.05, 3.63) is 35.9 Å². The second-order valence-electron chi connectivity index (χ2n) is 5.25. The van der Waals surface area contributed by atoms with Crippen LogP contribution >= 0.6 is 0 Å². The van der Waals surface area contributed by atoms with Crippen LogP contribution in [0, 0.1) is 5.92 Å². The number of hydrogen-bond donors (Lipinski definition) is 5. The van der Waals surface area contributed by atoms with Gasteiger partial charge in [-0.2, -0.15) is 0 Å². The molecule has 0 saturated heterocycles. The van der Waals surface area contributed by atoms with Crippen LogP contribution in [0.25, 0.3) is 0 Å². The summed E-state index contributed by atoms with van der Waals surface area (Å²) in [5.41, 5.74) is 0.808. The van der Waals surface area contributed by atoms with Crippen LogP contribution in [0.1, 0.15) is 18.9 Å². The van der Waals surface area contributed by atoms with E-state index in [2.05, 4.69) is 0 Å². The normalized spacial score (nSPS) is 18.5. The summed E-state index contributed by atoms with van der Waals surface area (Å²) in [5.74, 6) is -1.98. The number of aliphatic carboxylic acids is 1. The van der Waals surface area contributed by atoms with Crippen molar-refractivity contribution in [3.8, 4) is 0 Å². The molecule has 0 aliphatic carbocycles. The lowest BCUT2D eigenvalue weighted by Crippen LogP contribution is -2.44. The summed E-state index contributed by atoms with van der Waals surface area (Å²) < 4.78 is 0. The van der Waals surface area contributed by atoms with Gasteiger partial charge in [-0.05, 0) is 25.3 Å². The molecule has 0 amide bonds. The highest BCUT2D eigenvalue weighted by atomic mass is 16.4. The van der Waals surface area contributed by atoms with E-state index >= 15 is 0 Å². The van der Waals surface area contributed by atoms with Gasteiger partial charge in [0.1, 0.15) is 12.2 Å². The Balaban J connectivity index is 2.68. The Kier molecular flexibility index (Phi) is 6.77. The van der Waals surface area contributed by atoms with Gasteiger partial charge in [0.15, 0.2) is 0 Å². The van der Waals surface area contributed by atoms with Gasteiger partial charge in [-0.1, -0.05) is 30.3 Å². The van der Waals surface area contributed by atoms with E-state index in [1.165, 1.54) is 6.92 Å². The molecule has 0 fully saturated rings. The molecule has 0 aliphatic rings. The van der Waals surface area contributed by atoms with Crippen LogP contribution in [0.3, 0.4) is 0 Å². The molecule has 0 spiro atoms. The first kappa shape index (κ1) is 17.6. The molecule has 0 aliphatic heterocycles. The predicted octanol–water partition coefficient (Wildman–Crippen LogP) is -0.217. The maximum Gasteiger partial charge on any atom is 0.306 e. The second kappa shape index (κ2) is 8.09. The molecule has 21 heavy (non-hydrogen) atoms. The van der Waals surface area contributed by atoms with E-state index in [0.717, 1.165) is 5.56 Å². The van der Waals surface area contributed by atoms with E-state index in [9.17, 15) is 30.3 Å². The van der Waals surface area contributed by atoms with Gasteiger partial charge in [0.2, 0.25) is 0 Å². The molecule has 0 aromatic heterocycles. The van der Waals surface area contributed by atoms with Crippen molar-refractivity contribution in [2.45, 2.75) is 44.2 Å². The minimum atomic E-state index is -1.59. The zero-order valence-electron chi connectivity index (χ0n) is 11.8. The Morgan fingerprint density at radius 3 is 2.10 bits per heavy atom. The minimum Gasteiger partial charge on any atom is -0.481 e. The SMILES string of the molecule is C[C@H](O)[C@@H](O)[C@@H](O)[C@H](O)CC(Cc1ccccc1)C(=O)O. The molecule has 6 nitrogen and oxygen atoms in total. The number of carboxylic acids is 1. The van der Waals surface area contributed by atoms with Crippen molar-refractivity contribution in [3.63, 3.8) is 0 Å². The van der Waals surface area contributed by atoms with Gasteiger partial charge in [-0.15, -0.1) is 0 Å². The van der Waals surface area contributed by atoms with Crippen LogP contribution in [0.2, 0.25) is 0 Å². The lowest BCUT2D eigenvalue weighted by Gasteiger charge is -2.26. The molecule has 5 atom stereocenters. The number of carbonyl (C=O) groups is 1. The van der Waals surface area contributed by atoms with Crippen molar-refractivity contribution in [1.82, 2.24) is 0 Å². The third-order valence-electron chi connectivity index (χ3n) is 3.44. The van der Waals surface area contributed by atoms with Crippen LogP contribution < -0.4 is 0 Å². The zero-order chi connectivity index (χ0) is 16.0. The first-order valence-corrected chi connectivity index (χ1v) is 6.82. The van der Waals surface area contributed by atoms with Gasteiger partial charge in [0, 0.05) is 0 Å². The van der Waals surface area contributed by atoms with Crippen LogP contribution in [-0.2, 0) is 11.2 Å². The van der Waals surface area contributed by atoms with Gasteiger partial charge in [-0.25, -0.2) is 0 Å². The Morgan fingerprint density at radius 1 is 1.05 bits per heavy atom. The Hall–Kier alpha value is -1.47. The van der Waals surface area contributed by atoms with Crippen LogP contribution in [0.5, 0.6) is 0 Å². The number of aliphatic hydroxyl groups excluding tert-OH is 4. The second-order valence-corrected chi connectivity index (χ2v) is 5.25. The molecular weight excluding hydrogens is 276 g/mol. The predicted molar refractivity (Wildman–Crippen MR) is 75.6 cm³/mol. The summed E-state index contributed by atoms with van der Waals surface area (Å²) >= 11 is 0. The molecule has 5 N–H and O–H groups in total. The largest absolute Gasteiger partial charge is 0.481 e. The lowest BCUT2D eigenvalue weighted by atomic mass is 9.90. The highest BCUT2D eigenvalue weighted by molar-refractivity contribution is 5.70. The van der Waals surface area contributed by atoms with Gasteiger partial charge in [0.05, 0.1) is 18.1 Å². The number of aliphatic hydroxyl groups is 4. The smallest absolute Gasteiger partial charge is 0.306 e. The maximum atomic E-state index is 11.3. The van der Waals surface area contributed by atoms with E-state index in [1.54, 1.807) is 24.3 Å². The van der Waals surface area contributed by atoms with Crippen molar-refractivity contribution in [1.29, 1.82) is 0 Å². The molecule has 6 heteroatoms. The Morgan fingerprint density at radius 2 is 1.62 bits per heavy atom. The summed E-state index contributed by atoms with van der Waals surface area (Å²) in [7, 11) is 0. The van der Waals surface area contributed by atoms with Crippen molar-refractivity contribution < 1.29 is 30.3 Å². The summed E-state index contributed by atoms with van der Waals surface area (Å²) in [6.45, 7) is 1.28. The van der Waals surface area contributed by atoms with Gasteiger partial charge < -0.3 is 25.5 Å². The maximum absolute atomic E-state index is 11.3. The Labute approximate surface area is 123 Å². The Bertz CT molecular complexity index is 433. The third kappa shape index (κ3) is 5.43. The molecule has 0 radical (unpaired) electrons. The molecule has 118 valence electrons. The zero-order valence-corrected chi connectivity index (χ0v) is 11.8. The highest BCUT2D eigenvalue weighted by Crippen LogP contribution is 2.18. The van der Waals surface area contributed by atoms with E-state index in [1.807, 2.05) is 6.07 Å². The molecular formula is C15H22O6. The highest BCUT2D eigenvalue weighted by Gasteiger charge is 2.31. The lowest BCUT2D eigenvalue weighted by molar-refractivity contribution is -0.145. The van der Waals surface area contributed by atoms with Gasteiger partial charge in [-0.3, -0.25) is 4.79 Å². The van der Waals surface area contributed by atoms with Crippen molar-refractivity contribution in [2.24, 2.45) is 5.92 Å². The number of benzene rings is 1. The fourth-order valence-corrected chi connectivity index (χ4v) is 2.11. The first-order chi connectivity index (χ1) is 9.82. The van der Waals surface area contributed by atoms with E-state index in [0.29, 0.717) is 0 Å². The molecule has 1 rings (SSSR count). The van der Waals surface area contributed by atoms with Crippen LogP contribution in [0.15, 0.2) is 30.3 Å². The summed E-state index contributed by atoms with van der Waals surface area (Å²) in [6, 6.07) is 8.96. The first-order valence-electron chi connectivity index (χ1n) is 6.82. The topological polar surface area (TPSA) is 118 Å². The van der Waals surface area contributed by atoms with E-state index in [4.69, 9.17) is 0 Å². The minimum absolute atomic E-state index is 0.213. The number of rotatable bonds is 8. The molecule has 0 bridgehead atoms. The average Bonchev–Trinajstić information content (AvgIpc) is 2.45. The fraction of sp³-hybridized carbons (Fsp3) is 0.533. The molecule has 0 saturated carbocycles. The third-order valence-corrected chi connectivity index (χ3v) is 3.44. The number of carboxylic acid groups (broad SMARTS) is 1. The summed E-state index contributed by atoms with van der Waals surface area (Å²) in [4.78, 5) is 11.3. The summed E-state index contributed by atoms with van der Waals surface area (Å²) in [5, 5.41) is 47.4. The molecule has 1 aromatic carbocycles. The van der Waals surface area contributed by atoms with E-state index < -0.39 is 36.3 Å². The fourth-order valence-electron chi connectivity index (χ4n) is 2.11. The average molecular weight is 298 g/mol.